The van der Waals surface area contributed by atoms with Gasteiger partial charge in [0.05, 0.1) is 17.5 Å². The fourth-order valence-corrected chi connectivity index (χ4v) is 3.48. The fourth-order valence-electron chi connectivity index (χ4n) is 2.35. The van der Waals surface area contributed by atoms with E-state index in [9.17, 15) is 4.79 Å². The van der Waals surface area contributed by atoms with E-state index in [0.717, 1.165) is 24.1 Å². The monoisotopic (exact) mass is 285 g/mol. The number of hydrazone groups is 1. The van der Waals surface area contributed by atoms with Crippen molar-refractivity contribution in [3.8, 4) is 0 Å². The number of aromatic nitrogens is 1. The second-order valence-corrected chi connectivity index (χ2v) is 5.68. The average Bonchev–Trinajstić information content (AvgIpc) is 2.92. The second-order valence-electron chi connectivity index (χ2n) is 4.71. The molecule has 0 aromatic carbocycles. The third-order valence-electron chi connectivity index (χ3n) is 3.36. The highest BCUT2D eigenvalue weighted by atomic mass is 32.1. The van der Waals surface area contributed by atoms with Gasteiger partial charge in [-0.15, -0.1) is 11.3 Å². The summed E-state index contributed by atoms with van der Waals surface area (Å²) in [5, 5.41) is 5.91. The number of thiophene rings is 1. The molecule has 0 unspecified atom stereocenters. The van der Waals surface area contributed by atoms with E-state index in [0.29, 0.717) is 0 Å². The molecule has 2 aromatic rings. The summed E-state index contributed by atoms with van der Waals surface area (Å²) in [6.45, 7) is 0. The van der Waals surface area contributed by atoms with Gasteiger partial charge in [-0.05, 0) is 43.4 Å². The Hall–Kier alpha value is -2.01. The molecule has 0 bridgehead atoms. The molecule has 1 N–H and O–H groups in total. The molecule has 20 heavy (non-hydrogen) atoms. The van der Waals surface area contributed by atoms with Gasteiger partial charge in [0, 0.05) is 16.5 Å². The van der Waals surface area contributed by atoms with Gasteiger partial charge >= 0.3 is 0 Å². The van der Waals surface area contributed by atoms with E-state index in [2.05, 4.69) is 15.5 Å². The number of pyridine rings is 1. The summed E-state index contributed by atoms with van der Waals surface area (Å²) in [5.41, 5.74) is 5.30. The molecule has 2 aromatic heterocycles. The lowest BCUT2D eigenvalue weighted by atomic mass is 9.96. The Labute approximate surface area is 121 Å². The van der Waals surface area contributed by atoms with E-state index in [-0.39, 0.29) is 5.91 Å². The van der Waals surface area contributed by atoms with Crippen LogP contribution in [0.3, 0.4) is 0 Å². The molecule has 2 heterocycles. The number of fused-ring (bicyclic) bond motifs is 1. The van der Waals surface area contributed by atoms with E-state index in [1.807, 2.05) is 23.6 Å². The highest BCUT2D eigenvalue weighted by Crippen LogP contribution is 2.30. The lowest BCUT2D eigenvalue weighted by Crippen LogP contribution is -2.19. The lowest BCUT2D eigenvalue weighted by molar-refractivity contribution is 0.0954. The van der Waals surface area contributed by atoms with Crippen LogP contribution in [0.5, 0.6) is 0 Å². The molecule has 3 rings (SSSR count). The van der Waals surface area contributed by atoms with Crippen LogP contribution in [0.2, 0.25) is 0 Å². The van der Waals surface area contributed by atoms with Crippen LogP contribution in [0.1, 0.15) is 39.3 Å². The average molecular weight is 285 g/mol. The molecule has 0 atom stereocenters. The Bertz CT molecular complexity index is 634. The minimum Gasteiger partial charge on any atom is -0.267 e. The summed E-state index contributed by atoms with van der Waals surface area (Å²) < 4.78 is 0. The number of nitrogens with zero attached hydrogens (tertiary/aromatic N) is 2. The van der Waals surface area contributed by atoms with Crippen molar-refractivity contribution < 1.29 is 4.79 Å². The van der Waals surface area contributed by atoms with Gasteiger partial charge in [-0.2, -0.15) is 5.10 Å². The standard InChI is InChI=1S/C15H15N3OS/c19-15(18-17-9-11-5-3-4-8-16-11)13-10-20-14-7-2-1-6-12(13)14/h3-5,8-10H,1-2,6-7H2,(H,18,19)/b17-9+. The topological polar surface area (TPSA) is 54.4 Å². The van der Waals surface area contributed by atoms with Crippen molar-refractivity contribution in [3.05, 3.63) is 51.5 Å². The number of nitrogens with one attached hydrogen (secondary N) is 1. The van der Waals surface area contributed by atoms with Crippen LogP contribution in [0, 0.1) is 0 Å². The normalized spacial score (nSPS) is 14.2. The molecule has 102 valence electrons. The molecule has 1 aliphatic carbocycles. The maximum Gasteiger partial charge on any atom is 0.272 e. The summed E-state index contributed by atoms with van der Waals surface area (Å²) in [6, 6.07) is 5.56. The van der Waals surface area contributed by atoms with Crippen LogP contribution in [0.4, 0.5) is 0 Å². The summed E-state index contributed by atoms with van der Waals surface area (Å²) in [7, 11) is 0. The van der Waals surface area contributed by atoms with E-state index in [4.69, 9.17) is 0 Å². The molecule has 0 spiro atoms. The molecule has 5 heteroatoms. The smallest absolute Gasteiger partial charge is 0.267 e. The van der Waals surface area contributed by atoms with E-state index in [1.165, 1.54) is 23.3 Å². The number of rotatable bonds is 3. The first-order valence-corrected chi connectivity index (χ1v) is 7.56. The predicted molar refractivity (Wildman–Crippen MR) is 80.3 cm³/mol. The van der Waals surface area contributed by atoms with Crippen molar-refractivity contribution in [3.63, 3.8) is 0 Å². The Morgan fingerprint density at radius 1 is 1.35 bits per heavy atom. The van der Waals surface area contributed by atoms with Gasteiger partial charge < -0.3 is 0 Å². The summed E-state index contributed by atoms with van der Waals surface area (Å²) in [4.78, 5) is 17.6. The second kappa shape index (κ2) is 5.96. The number of aryl methyl sites for hydroxylation is 1. The molecule has 1 amide bonds. The number of hydrogen-bond donors (Lipinski definition) is 1. The molecule has 4 nitrogen and oxygen atoms in total. The zero-order valence-corrected chi connectivity index (χ0v) is 11.8. The molecule has 1 aliphatic rings. The lowest BCUT2D eigenvalue weighted by Gasteiger charge is -2.11. The van der Waals surface area contributed by atoms with Gasteiger partial charge in [-0.1, -0.05) is 6.07 Å². The van der Waals surface area contributed by atoms with Crippen molar-refractivity contribution in [2.45, 2.75) is 25.7 Å². The zero-order valence-electron chi connectivity index (χ0n) is 11.0. The number of carbonyl (C=O) groups excluding carboxylic acids is 1. The van der Waals surface area contributed by atoms with Gasteiger partial charge in [-0.25, -0.2) is 5.43 Å². The van der Waals surface area contributed by atoms with Crippen LogP contribution in [-0.2, 0) is 12.8 Å². The van der Waals surface area contributed by atoms with Crippen LogP contribution in [0.25, 0.3) is 0 Å². The van der Waals surface area contributed by atoms with Gasteiger partial charge in [0.2, 0.25) is 0 Å². The van der Waals surface area contributed by atoms with Crippen LogP contribution in [0.15, 0.2) is 34.9 Å². The first-order chi connectivity index (χ1) is 9.84. The maximum absolute atomic E-state index is 12.1. The van der Waals surface area contributed by atoms with E-state index >= 15 is 0 Å². The van der Waals surface area contributed by atoms with Crippen molar-refractivity contribution in [2.75, 3.05) is 0 Å². The molecule has 0 saturated heterocycles. The summed E-state index contributed by atoms with van der Waals surface area (Å²) in [6.07, 6.45) is 7.75. The maximum atomic E-state index is 12.1. The van der Waals surface area contributed by atoms with Gasteiger partial charge in [-0.3, -0.25) is 9.78 Å². The van der Waals surface area contributed by atoms with Crippen LogP contribution in [-0.4, -0.2) is 17.1 Å². The third-order valence-corrected chi connectivity index (χ3v) is 4.45. The quantitative estimate of drug-likeness (QED) is 0.696. The molecule has 0 radical (unpaired) electrons. The number of carbonyl (C=O) groups is 1. The van der Waals surface area contributed by atoms with E-state index in [1.54, 1.807) is 23.7 Å². The Balaban J connectivity index is 1.68. The first kappa shape index (κ1) is 13.0. The van der Waals surface area contributed by atoms with Gasteiger partial charge in [0.25, 0.3) is 5.91 Å². The van der Waals surface area contributed by atoms with Crippen molar-refractivity contribution in [2.24, 2.45) is 5.10 Å². The largest absolute Gasteiger partial charge is 0.272 e. The molecular weight excluding hydrogens is 270 g/mol. The SMILES string of the molecule is O=C(N/N=C/c1ccccn1)c1csc2c1CCCC2. The minimum absolute atomic E-state index is 0.128. The highest BCUT2D eigenvalue weighted by Gasteiger charge is 2.19. The van der Waals surface area contributed by atoms with E-state index < -0.39 is 0 Å². The number of amides is 1. The molecule has 0 fully saturated rings. The Kier molecular flexibility index (Phi) is 3.87. The fraction of sp³-hybridized carbons (Fsp3) is 0.267. The minimum atomic E-state index is -0.128. The van der Waals surface area contributed by atoms with Crippen LogP contribution >= 0.6 is 11.3 Å². The molecule has 0 aliphatic heterocycles. The third kappa shape index (κ3) is 2.77. The Morgan fingerprint density at radius 2 is 2.25 bits per heavy atom. The van der Waals surface area contributed by atoms with Crippen molar-refractivity contribution in [1.82, 2.24) is 10.4 Å². The number of hydrogen-bond acceptors (Lipinski definition) is 4. The van der Waals surface area contributed by atoms with Gasteiger partial charge in [0.15, 0.2) is 0 Å². The molecular formula is C15H15N3OS. The van der Waals surface area contributed by atoms with Crippen molar-refractivity contribution in [1.29, 1.82) is 0 Å². The zero-order chi connectivity index (χ0) is 13.8. The van der Waals surface area contributed by atoms with Crippen LogP contribution < -0.4 is 5.43 Å². The first-order valence-electron chi connectivity index (χ1n) is 6.68. The summed E-state index contributed by atoms with van der Waals surface area (Å²) in [5.74, 6) is -0.128. The van der Waals surface area contributed by atoms with Crippen molar-refractivity contribution >= 4 is 23.5 Å². The summed E-state index contributed by atoms with van der Waals surface area (Å²) >= 11 is 1.69. The predicted octanol–water partition coefficient (Wildman–Crippen LogP) is 2.79. The van der Waals surface area contributed by atoms with Gasteiger partial charge in [0.1, 0.15) is 0 Å². The highest BCUT2D eigenvalue weighted by molar-refractivity contribution is 7.10. The Morgan fingerprint density at radius 3 is 3.10 bits per heavy atom. The molecule has 0 saturated carbocycles.